The van der Waals surface area contributed by atoms with Crippen molar-refractivity contribution in [3.05, 3.63) is 34.9 Å². The predicted molar refractivity (Wildman–Crippen MR) is 76.5 cm³/mol. The fraction of sp³-hybridized carbons (Fsp3) is 0.625. The van der Waals surface area contributed by atoms with Gasteiger partial charge in [-0.15, -0.1) is 0 Å². The molecule has 0 aliphatic heterocycles. The molecule has 0 spiro atoms. The molecule has 0 aliphatic carbocycles. The van der Waals surface area contributed by atoms with E-state index in [9.17, 15) is 0 Å². The Labute approximate surface area is 107 Å². The van der Waals surface area contributed by atoms with Gasteiger partial charge >= 0.3 is 0 Å². The molecule has 1 N–H and O–H groups in total. The van der Waals surface area contributed by atoms with Crippen LogP contribution in [0.5, 0.6) is 0 Å². The van der Waals surface area contributed by atoms with Gasteiger partial charge in [0.15, 0.2) is 0 Å². The van der Waals surface area contributed by atoms with Gasteiger partial charge in [-0.3, -0.25) is 0 Å². The quantitative estimate of drug-likeness (QED) is 0.786. The Morgan fingerprint density at radius 2 is 1.88 bits per heavy atom. The summed E-state index contributed by atoms with van der Waals surface area (Å²) in [6.07, 6.45) is 2.43. The van der Waals surface area contributed by atoms with Crippen molar-refractivity contribution in [1.29, 1.82) is 0 Å². The highest BCUT2D eigenvalue weighted by Gasteiger charge is 2.15. The highest BCUT2D eigenvalue weighted by Crippen LogP contribution is 2.20. The van der Waals surface area contributed by atoms with Gasteiger partial charge in [0.05, 0.1) is 0 Å². The zero-order chi connectivity index (χ0) is 12.8. The van der Waals surface area contributed by atoms with Crippen LogP contribution in [0.2, 0.25) is 0 Å². The fourth-order valence-corrected chi connectivity index (χ4v) is 2.47. The van der Waals surface area contributed by atoms with Crippen LogP contribution in [0.1, 0.15) is 43.9 Å². The minimum atomic E-state index is 0.602. The number of hydrogen-bond donors (Lipinski definition) is 1. The molecule has 2 atom stereocenters. The summed E-state index contributed by atoms with van der Waals surface area (Å²) in [5.41, 5.74) is 4.32. The molecule has 1 aromatic carbocycles. The van der Waals surface area contributed by atoms with Gasteiger partial charge in [0.1, 0.15) is 0 Å². The lowest BCUT2D eigenvalue weighted by molar-refractivity contribution is 0.367. The van der Waals surface area contributed by atoms with Crippen molar-refractivity contribution in [3.63, 3.8) is 0 Å². The average Bonchev–Trinajstić information content (AvgIpc) is 2.30. The number of hydrogen-bond acceptors (Lipinski definition) is 1. The molecular formula is C16H27N. The summed E-state index contributed by atoms with van der Waals surface area (Å²) in [6, 6.07) is 7.39. The van der Waals surface area contributed by atoms with Crippen LogP contribution in [0, 0.1) is 19.8 Å². The van der Waals surface area contributed by atoms with E-state index in [1.54, 1.807) is 0 Å². The molecule has 0 amide bonds. The summed E-state index contributed by atoms with van der Waals surface area (Å²) < 4.78 is 0. The van der Waals surface area contributed by atoms with Gasteiger partial charge in [0, 0.05) is 6.04 Å². The average molecular weight is 233 g/mol. The molecule has 1 aromatic rings. The molecule has 0 saturated carbocycles. The molecule has 0 radical (unpaired) electrons. The first-order valence-electron chi connectivity index (χ1n) is 6.88. The SMILES string of the molecule is CCNC(C)C(CC)Cc1cc(C)ccc1C. The maximum absolute atomic E-state index is 3.55. The summed E-state index contributed by atoms with van der Waals surface area (Å²) in [5, 5.41) is 3.55. The van der Waals surface area contributed by atoms with Crippen molar-refractivity contribution < 1.29 is 0 Å². The van der Waals surface area contributed by atoms with E-state index in [0.717, 1.165) is 12.5 Å². The normalized spacial score (nSPS) is 14.6. The Morgan fingerprint density at radius 1 is 1.18 bits per heavy atom. The molecular weight excluding hydrogens is 206 g/mol. The first kappa shape index (κ1) is 14.2. The molecule has 0 aliphatic rings. The summed E-state index contributed by atoms with van der Waals surface area (Å²) in [6.45, 7) is 12.2. The van der Waals surface area contributed by atoms with Crippen LogP contribution < -0.4 is 5.32 Å². The van der Waals surface area contributed by atoms with E-state index in [-0.39, 0.29) is 0 Å². The van der Waals surface area contributed by atoms with Crippen LogP contribution in [-0.4, -0.2) is 12.6 Å². The van der Waals surface area contributed by atoms with E-state index in [4.69, 9.17) is 0 Å². The van der Waals surface area contributed by atoms with Crippen molar-refractivity contribution in [3.8, 4) is 0 Å². The summed E-state index contributed by atoms with van der Waals surface area (Å²) in [7, 11) is 0. The van der Waals surface area contributed by atoms with E-state index < -0.39 is 0 Å². The molecule has 0 heterocycles. The first-order valence-corrected chi connectivity index (χ1v) is 6.88. The Morgan fingerprint density at radius 3 is 2.47 bits per heavy atom. The van der Waals surface area contributed by atoms with Gasteiger partial charge < -0.3 is 5.32 Å². The highest BCUT2D eigenvalue weighted by atomic mass is 14.9. The van der Waals surface area contributed by atoms with Crippen LogP contribution in [0.15, 0.2) is 18.2 Å². The Hall–Kier alpha value is -0.820. The number of nitrogens with one attached hydrogen (secondary N) is 1. The lowest BCUT2D eigenvalue weighted by atomic mass is 9.88. The second-order valence-electron chi connectivity index (χ2n) is 5.15. The van der Waals surface area contributed by atoms with Crippen molar-refractivity contribution in [2.75, 3.05) is 6.54 Å². The molecule has 1 rings (SSSR count). The van der Waals surface area contributed by atoms with E-state index in [1.165, 1.54) is 29.5 Å². The molecule has 17 heavy (non-hydrogen) atoms. The monoisotopic (exact) mass is 233 g/mol. The van der Waals surface area contributed by atoms with Crippen LogP contribution >= 0.6 is 0 Å². The zero-order valence-electron chi connectivity index (χ0n) is 12.0. The van der Waals surface area contributed by atoms with E-state index >= 15 is 0 Å². The number of benzene rings is 1. The molecule has 1 heteroatoms. The largest absolute Gasteiger partial charge is 0.314 e. The van der Waals surface area contributed by atoms with Crippen LogP contribution in [0.4, 0.5) is 0 Å². The minimum absolute atomic E-state index is 0.602. The van der Waals surface area contributed by atoms with E-state index in [0.29, 0.717) is 6.04 Å². The van der Waals surface area contributed by atoms with Crippen molar-refractivity contribution in [2.45, 2.75) is 53.5 Å². The smallest absolute Gasteiger partial charge is 0.00699 e. The van der Waals surface area contributed by atoms with Gasteiger partial charge in [0.25, 0.3) is 0 Å². The third kappa shape index (κ3) is 4.16. The van der Waals surface area contributed by atoms with Crippen LogP contribution in [0.3, 0.4) is 0 Å². The molecule has 0 bridgehead atoms. The number of rotatable bonds is 6. The first-order chi connectivity index (χ1) is 8.08. The van der Waals surface area contributed by atoms with Gasteiger partial charge in [0.2, 0.25) is 0 Å². The molecule has 0 saturated heterocycles. The van der Waals surface area contributed by atoms with Crippen LogP contribution in [-0.2, 0) is 6.42 Å². The summed E-state index contributed by atoms with van der Waals surface area (Å²) in [4.78, 5) is 0. The van der Waals surface area contributed by atoms with E-state index in [2.05, 4.69) is 58.1 Å². The molecule has 96 valence electrons. The van der Waals surface area contributed by atoms with Gasteiger partial charge in [-0.25, -0.2) is 0 Å². The van der Waals surface area contributed by atoms with Crippen molar-refractivity contribution in [2.24, 2.45) is 5.92 Å². The molecule has 0 aromatic heterocycles. The minimum Gasteiger partial charge on any atom is -0.314 e. The maximum Gasteiger partial charge on any atom is 0.00699 e. The Kier molecular flexibility index (Phi) is 5.70. The van der Waals surface area contributed by atoms with Gasteiger partial charge in [-0.05, 0) is 50.8 Å². The number of aryl methyl sites for hydroxylation is 2. The molecule has 1 nitrogen and oxygen atoms in total. The second kappa shape index (κ2) is 6.80. The molecule has 0 fully saturated rings. The lowest BCUT2D eigenvalue weighted by Gasteiger charge is -2.24. The fourth-order valence-electron chi connectivity index (χ4n) is 2.47. The standard InChI is InChI=1S/C16H27N/c1-6-15(14(5)17-7-2)11-16-10-12(3)8-9-13(16)4/h8-10,14-15,17H,6-7,11H2,1-5H3. The second-order valence-corrected chi connectivity index (χ2v) is 5.15. The third-order valence-corrected chi connectivity index (χ3v) is 3.74. The van der Waals surface area contributed by atoms with Gasteiger partial charge in [-0.1, -0.05) is 44.0 Å². The predicted octanol–water partition coefficient (Wildman–Crippen LogP) is 3.87. The lowest BCUT2D eigenvalue weighted by Crippen LogP contribution is -2.34. The van der Waals surface area contributed by atoms with E-state index in [1.807, 2.05) is 0 Å². The Balaban J connectivity index is 2.76. The molecule has 2 unspecified atom stereocenters. The summed E-state index contributed by atoms with van der Waals surface area (Å²) in [5.74, 6) is 0.732. The van der Waals surface area contributed by atoms with Crippen molar-refractivity contribution >= 4 is 0 Å². The van der Waals surface area contributed by atoms with Crippen molar-refractivity contribution in [1.82, 2.24) is 5.32 Å². The van der Waals surface area contributed by atoms with Gasteiger partial charge in [-0.2, -0.15) is 0 Å². The third-order valence-electron chi connectivity index (χ3n) is 3.74. The zero-order valence-corrected chi connectivity index (χ0v) is 12.0. The topological polar surface area (TPSA) is 12.0 Å². The Bertz CT molecular complexity index is 343. The van der Waals surface area contributed by atoms with Crippen LogP contribution in [0.25, 0.3) is 0 Å². The highest BCUT2D eigenvalue weighted by molar-refractivity contribution is 5.30. The maximum atomic E-state index is 3.55. The summed E-state index contributed by atoms with van der Waals surface area (Å²) >= 11 is 0.